The number of anilines is 2. The van der Waals surface area contributed by atoms with Crippen LogP contribution in [-0.2, 0) is 6.54 Å². The van der Waals surface area contributed by atoms with Gasteiger partial charge < -0.3 is 0 Å². The number of nitrogen functional groups attached to an aromatic ring is 1. The van der Waals surface area contributed by atoms with Crippen LogP contribution in [0.25, 0.3) is 0 Å². The maximum atomic E-state index is 13.3. The van der Waals surface area contributed by atoms with Crippen LogP contribution in [0, 0.1) is 5.82 Å². The molecular weight excluding hydrogens is 484 g/mol. The third kappa shape index (κ3) is 4.23. The van der Waals surface area contributed by atoms with Crippen molar-refractivity contribution in [2.75, 3.05) is 15.6 Å². The van der Waals surface area contributed by atoms with Gasteiger partial charge in [-0.2, -0.15) is 0 Å². The van der Waals surface area contributed by atoms with E-state index in [1.165, 1.54) is 22.9 Å². The Morgan fingerprint density at radius 2 is 2.31 bits per heavy atom. The Hall–Kier alpha value is -2.39. The maximum absolute atomic E-state index is 13.3. The quantitative estimate of drug-likeness (QED) is 0.109. The molecule has 0 saturated heterocycles. The van der Waals surface area contributed by atoms with Crippen molar-refractivity contribution in [2.24, 2.45) is 4.99 Å². The summed E-state index contributed by atoms with van der Waals surface area (Å²) < 4.78 is 28.8. The fourth-order valence-electron chi connectivity index (χ4n) is 1.93. The van der Waals surface area contributed by atoms with Crippen LogP contribution in [0.15, 0.2) is 27.8 Å². The molecule has 0 saturated carbocycles. The third-order valence-electron chi connectivity index (χ3n) is 3.09. The molecule has 0 radical (unpaired) electrons. The number of aromatic nitrogens is 6. The molecule has 3 aromatic rings. The summed E-state index contributed by atoms with van der Waals surface area (Å²) in [5.74, 6) is -0.184. The number of rotatable bonds is 6. The monoisotopic (exact) mass is 494 g/mol. The van der Waals surface area contributed by atoms with Crippen molar-refractivity contribution in [1.82, 2.24) is 30.5 Å². The molecule has 0 atom stereocenters. The van der Waals surface area contributed by atoms with Crippen LogP contribution in [-0.4, -0.2) is 44.3 Å². The Balaban J connectivity index is 1.90. The van der Waals surface area contributed by atoms with Crippen molar-refractivity contribution >= 4 is 29.1 Å². The molecule has 138 valence electrons. The molecule has 0 fully saturated rings. The van der Waals surface area contributed by atoms with E-state index in [9.17, 15) is 7.83 Å². The predicted molar refractivity (Wildman–Crippen MR) is 84.3 cm³/mol. The number of amidine groups is 1. The fourth-order valence-corrected chi connectivity index (χ4v) is 2.60. The van der Waals surface area contributed by atoms with Gasteiger partial charge >= 0.3 is 161 Å². The number of hydrogen-bond acceptors (Lipinski definition) is 9. The first kappa shape index (κ1) is 18.4. The molecule has 2 aromatic heterocycles. The Kier molecular flexibility index (Phi) is 5.89. The molecule has 0 aliphatic rings. The van der Waals surface area contributed by atoms with Gasteiger partial charge in [0.1, 0.15) is 0 Å². The number of alkyl halides is 1. The second-order valence-corrected chi connectivity index (χ2v) is 6.53. The molecule has 0 aliphatic heterocycles. The minimum absolute atomic E-state index is 0.0519. The van der Waals surface area contributed by atoms with Crippen molar-refractivity contribution in [3.8, 4) is 0 Å². The van der Waals surface area contributed by atoms with E-state index in [1.807, 2.05) is 0 Å². The number of halogens is 3. The Bertz CT molecular complexity index is 931. The van der Waals surface area contributed by atoms with Crippen molar-refractivity contribution in [3.05, 3.63) is 40.4 Å². The zero-order valence-electron chi connectivity index (χ0n) is 12.8. The molecule has 0 unspecified atom stereocenters. The van der Waals surface area contributed by atoms with Gasteiger partial charge in [0.05, 0.1) is 0 Å². The van der Waals surface area contributed by atoms with Gasteiger partial charge in [0.15, 0.2) is 0 Å². The zero-order chi connectivity index (χ0) is 18.5. The summed E-state index contributed by atoms with van der Waals surface area (Å²) in [5.41, 5.74) is 6.75. The van der Waals surface area contributed by atoms with Crippen LogP contribution in [0.4, 0.5) is 16.0 Å². The Labute approximate surface area is 161 Å². The summed E-state index contributed by atoms with van der Waals surface area (Å²) in [7, 11) is 0. The molecule has 1 aromatic carbocycles. The molecule has 14 heteroatoms. The van der Waals surface area contributed by atoms with Crippen LogP contribution in [0.5, 0.6) is 0 Å². The van der Waals surface area contributed by atoms with Crippen LogP contribution in [0.1, 0.15) is 11.4 Å². The summed E-state index contributed by atoms with van der Waals surface area (Å²) >= 11 is 4.70. The van der Waals surface area contributed by atoms with Crippen LogP contribution in [0.2, 0.25) is 5.02 Å². The second kappa shape index (κ2) is 8.33. The van der Waals surface area contributed by atoms with Gasteiger partial charge in [0.2, 0.25) is 0 Å². The number of hydrogen-bond donors (Lipinski definition) is 3. The van der Waals surface area contributed by atoms with Crippen molar-refractivity contribution in [1.29, 1.82) is 0 Å². The zero-order valence-corrected chi connectivity index (χ0v) is 15.8. The molecule has 4 N–H and O–H groups in total. The van der Waals surface area contributed by atoms with E-state index in [0.717, 1.165) is 0 Å². The molecule has 3 rings (SSSR count). The summed E-state index contributed by atoms with van der Waals surface area (Å²) in [6.07, 6.45) is 0. The van der Waals surface area contributed by atoms with Crippen molar-refractivity contribution < 1.29 is 34.1 Å². The predicted octanol–water partition coefficient (Wildman–Crippen LogP) is -2.71. The fraction of sp³-hybridized carbons (Fsp3) is 0.167. The summed E-state index contributed by atoms with van der Waals surface area (Å²) in [5, 5.41) is 21.3. The van der Waals surface area contributed by atoms with E-state index in [0.29, 0.717) is 11.4 Å². The average molecular weight is 495 g/mol. The molecule has 2 heterocycles. The molecule has 0 spiro atoms. The number of nitrogens with zero attached hydrogens (tertiary/aromatic N) is 7. The first-order chi connectivity index (χ1) is 12.6. The third-order valence-corrected chi connectivity index (χ3v) is 4.03. The SMILES string of the molecule is Nc1nnnn1Cc1nonc1C(=NC[I-]O)Nc1ccc(F)c(Cl)c1. The molecule has 0 bridgehead atoms. The van der Waals surface area contributed by atoms with Gasteiger partial charge in [-0.15, -0.1) is 0 Å². The first-order valence-electron chi connectivity index (χ1n) is 6.91. The molecule has 0 aliphatic carbocycles. The number of tetrazole rings is 1. The van der Waals surface area contributed by atoms with Gasteiger partial charge in [-0.25, -0.2) is 0 Å². The van der Waals surface area contributed by atoms with Crippen LogP contribution in [0.3, 0.4) is 0 Å². The van der Waals surface area contributed by atoms with Crippen LogP contribution >= 0.6 is 11.6 Å². The number of aliphatic imine (C=N–C) groups is 1. The Morgan fingerprint density at radius 1 is 1.46 bits per heavy atom. The normalized spacial score (nSPS) is 11.9. The van der Waals surface area contributed by atoms with Crippen molar-refractivity contribution in [2.45, 2.75) is 6.54 Å². The summed E-state index contributed by atoms with van der Waals surface area (Å²) in [6, 6.07) is 4.09. The minimum atomic E-state index is -1.10. The van der Waals surface area contributed by atoms with Gasteiger partial charge in [-0.3, -0.25) is 0 Å². The molecular formula is C12H11ClFIN9O2-. The van der Waals surface area contributed by atoms with E-state index in [2.05, 4.69) is 36.1 Å². The van der Waals surface area contributed by atoms with E-state index in [4.69, 9.17) is 22.0 Å². The first-order valence-corrected chi connectivity index (χ1v) is 9.78. The van der Waals surface area contributed by atoms with E-state index in [-0.39, 0.29) is 33.6 Å². The molecule has 11 nitrogen and oxygen atoms in total. The standard InChI is InChI=1S/C12H11ClFIN9O2/c13-7-3-6(1-2-8(7)14)18-11(17-5-15-25)10-9(20-26-21-10)4-24-12(16)19-22-23-24/h1-3,25H,4-5H2,(H,17,18)(H2,16,19,23)/q-1. The van der Waals surface area contributed by atoms with Gasteiger partial charge in [-0.05, 0) is 0 Å². The number of nitrogens with one attached hydrogen (secondary N) is 1. The van der Waals surface area contributed by atoms with Crippen molar-refractivity contribution in [3.63, 3.8) is 0 Å². The van der Waals surface area contributed by atoms with E-state index >= 15 is 0 Å². The van der Waals surface area contributed by atoms with E-state index in [1.54, 1.807) is 0 Å². The second-order valence-electron chi connectivity index (χ2n) is 4.75. The van der Waals surface area contributed by atoms with Gasteiger partial charge in [0, 0.05) is 0 Å². The topological polar surface area (TPSA) is 153 Å². The Morgan fingerprint density at radius 3 is 3.00 bits per heavy atom. The van der Waals surface area contributed by atoms with Gasteiger partial charge in [0.25, 0.3) is 0 Å². The van der Waals surface area contributed by atoms with E-state index < -0.39 is 27.4 Å². The van der Waals surface area contributed by atoms with Gasteiger partial charge in [-0.1, -0.05) is 0 Å². The number of nitrogens with two attached hydrogens (primary N) is 1. The summed E-state index contributed by atoms with van der Waals surface area (Å²) in [4.78, 5) is 4.26. The number of benzene rings is 1. The molecule has 26 heavy (non-hydrogen) atoms. The average Bonchev–Trinajstić information content (AvgIpc) is 3.25. The van der Waals surface area contributed by atoms with Crippen LogP contribution < -0.4 is 32.7 Å². The molecule has 0 amide bonds. The summed E-state index contributed by atoms with van der Waals surface area (Å²) in [6.45, 7) is 0.0940.